The number of carbonyl (C=O) groups is 1. The Morgan fingerprint density at radius 3 is 2.60 bits per heavy atom. The van der Waals surface area contributed by atoms with Crippen molar-refractivity contribution in [2.45, 2.75) is 31.6 Å². The van der Waals surface area contributed by atoms with E-state index in [1.165, 1.54) is 6.92 Å². The van der Waals surface area contributed by atoms with Gasteiger partial charge in [-0.15, -0.1) is 0 Å². The van der Waals surface area contributed by atoms with Crippen LogP contribution in [0.2, 0.25) is 0 Å². The lowest BCUT2D eigenvalue weighted by Crippen LogP contribution is -2.29. The smallest absolute Gasteiger partial charge is 0.371 e. The Balaban J connectivity index is 2.86. The van der Waals surface area contributed by atoms with Crippen molar-refractivity contribution in [1.82, 2.24) is 4.72 Å². The molecule has 1 atom stereocenters. The van der Waals surface area contributed by atoms with Crippen molar-refractivity contribution in [2.24, 2.45) is 5.92 Å². The van der Waals surface area contributed by atoms with Crippen molar-refractivity contribution >= 4 is 16.0 Å². The predicted octanol–water partition coefficient (Wildman–Crippen LogP) is 0.973. The van der Waals surface area contributed by atoms with Crippen LogP contribution in [0.15, 0.2) is 15.4 Å². The van der Waals surface area contributed by atoms with E-state index in [0.717, 1.165) is 12.5 Å². The van der Waals surface area contributed by atoms with Crippen molar-refractivity contribution in [1.29, 1.82) is 0 Å². The lowest BCUT2D eigenvalue weighted by Gasteiger charge is -2.14. The van der Waals surface area contributed by atoms with Gasteiger partial charge in [0.1, 0.15) is 10.7 Å². The van der Waals surface area contributed by atoms with E-state index in [0.29, 0.717) is 6.42 Å². The maximum atomic E-state index is 12.1. The molecular weight excluding hydrogens is 286 g/mol. The van der Waals surface area contributed by atoms with Gasteiger partial charge in [0, 0.05) is 19.2 Å². The minimum Gasteiger partial charge on any atom is -0.475 e. The molecule has 0 radical (unpaired) electrons. The minimum absolute atomic E-state index is 0.00582. The first-order valence-corrected chi connectivity index (χ1v) is 7.74. The molecule has 0 saturated heterocycles. The molecule has 1 aromatic rings. The summed E-state index contributed by atoms with van der Waals surface area (Å²) in [5.74, 6) is -1.67. The van der Waals surface area contributed by atoms with Crippen LogP contribution >= 0.6 is 0 Å². The monoisotopic (exact) mass is 305 g/mol. The maximum absolute atomic E-state index is 12.1. The highest BCUT2D eigenvalue weighted by molar-refractivity contribution is 7.89. The van der Waals surface area contributed by atoms with E-state index in [4.69, 9.17) is 14.6 Å². The van der Waals surface area contributed by atoms with Gasteiger partial charge in [0.2, 0.25) is 15.8 Å². The zero-order valence-electron chi connectivity index (χ0n) is 11.4. The number of hydrogen-bond donors (Lipinski definition) is 3. The molecule has 114 valence electrons. The van der Waals surface area contributed by atoms with Gasteiger partial charge >= 0.3 is 5.97 Å². The molecule has 3 N–H and O–H groups in total. The van der Waals surface area contributed by atoms with Gasteiger partial charge in [-0.25, -0.2) is 17.9 Å². The molecule has 0 aliphatic heterocycles. The standard InChI is InChI=1S/C12H19NO6S/c1-3-9(4-5-14)7-13-20(17,18)11-6-10(12(15)16)19-8(11)2/h6,9,13-14H,3-5,7H2,1-2H3,(H,15,16). The van der Waals surface area contributed by atoms with E-state index in [1.54, 1.807) is 0 Å². The summed E-state index contributed by atoms with van der Waals surface area (Å²) in [6.45, 7) is 3.48. The normalized spacial score (nSPS) is 13.3. The molecule has 0 aromatic carbocycles. The molecule has 0 fully saturated rings. The van der Waals surface area contributed by atoms with Crippen molar-refractivity contribution in [3.63, 3.8) is 0 Å². The first kappa shape index (κ1) is 16.7. The number of aliphatic hydroxyl groups is 1. The SMILES string of the molecule is CCC(CCO)CNS(=O)(=O)c1cc(C(=O)O)oc1C. The van der Waals surface area contributed by atoms with Crippen LogP contribution in [0.4, 0.5) is 0 Å². The molecule has 0 aliphatic carbocycles. The molecule has 0 spiro atoms. The summed E-state index contributed by atoms with van der Waals surface area (Å²) >= 11 is 0. The van der Waals surface area contributed by atoms with Gasteiger partial charge in [0.15, 0.2) is 0 Å². The van der Waals surface area contributed by atoms with Crippen LogP contribution in [0.5, 0.6) is 0 Å². The van der Waals surface area contributed by atoms with Crippen LogP contribution in [0, 0.1) is 12.8 Å². The van der Waals surface area contributed by atoms with E-state index in [9.17, 15) is 13.2 Å². The molecule has 1 heterocycles. The summed E-state index contributed by atoms with van der Waals surface area (Å²) in [5.41, 5.74) is 0. The average molecular weight is 305 g/mol. The summed E-state index contributed by atoms with van der Waals surface area (Å²) < 4.78 is 31.5. The van der Waals surface area contributed by atoms with Crippen molar-refractivity contribution in [2.75, 3.05) is 13.2 Å². The van der Waals surface area contributed by atoms with Crippen LogP contribution in [0.1, 0.15) is 36.1 Å². The molecule has 1 aromatic heterocycles. The molecule has 0 bridgehead atoms. The highest BCUT2D eigenvalue weighted by Crippen LogP contribution is 2.20. The van der Waals surface area contributed by atoms with Gasteiger partial charge in [0.25, 0.3) is 0 Å². The number of furan rings is 1. The van der Waals surface area contributed by atoms with Crippen LogP contribution in [-0.2, 0) is 10.0 Å². The third-order valence-electron chi connectivity index (χ3n) is 3.05. The lowest BCUT2D eigenvalue weighted by molar-refractivity contribution is 0.0661. The number of aryl methyl sites for hydroxylation is 1. The topological polar surface area (TPSA) is 117 Å². The summed E-state index contributed by atoms with van der Waals surface area (Å²) in [7, 11) is -3.82. The second-order valence-electron chi connectivity index (χ2n) is 4.47. The van der Waals surface area contributed by atoms with Gasteiger partial charge in [-0.1, -0.05) is 13.3 Å². The Morgan fingerprint density at radius 1 is 1.50 bits per heavy atom. The van der Waals surface area contributed by atoms with Crippen LogP contribution in [-0.4, -0.2) is 37.8 Å². The van der Waals surface area contributed by atoms with Gasteiger partial charge in [0.05, 0.1) is 0 Å². The zero-order chi connectivity index (χ0) is 15.3. The third-order valence-corrected chi connectivity index (χ3v) is 4.58. The van der Waals surface area contributed by atoms with E-state index in [-0.39, 0.29) is 29.7 Å². The fourth-order valence-electron chi connectivity index (χ4n) is 1.78. The number of carboxylic acid groups (broad SMARTS) is 1. The quantitative estimate of drug-likeness (QED) is 0.659. The molecule has 0 amide bonds. The first-order chi connectivity index (χ1) is 9.31. The number of carboxylic acids is 1. The van der Waals surface area contributed by atoms with E-state index in [2.05, 4.69) is 4.72 Å². The summed E-state index contributed by atoms with van der Waals surface area (Å²) in [6, 6.07) is 0.993. The van der Waals surface area contributed by atoms with Gasteiger partial charge in [-0.3, -0.25) is 0 Å². The van der Waals surface area contributed by atoms with Crippen LogP contribution in [0.25, 0.3) is 0 Å². The average Bonchev–Trinajstić information content (AvgIpc) is 2.77. The molecular formula is C12H19NO6S. The molecule has 7 nitrogen and oxygen atoms in total. The molecule has 0 aliphatic rings. The molecule has 20 heavy (non-hydrogen) atoms. The van der Waals surface area contributed by atoms with Crippen molar-refractivity contribution in [3.8, 4) is 0 Å². The third kappa shape index (κ3) is 4.06. The Kier molecular flexibility index (Phi) is 5.73. The van der Waals surface area contributed by atoms with Crippen molar-refractivity contribution < 1.29 is 27.8 Å². The fraction of sp³-hybridized carbons (Fsp3) is 0.583. The highest BCUT2D eigenvalue weighted by Gasteiger charge is 2.24. The number of aliphatic hydroxyl groups excluding tert-OH is 1. The Morgan fingerprint density at radius 2 is 2.15 bits per heavy atom. The Hall–Kier alpha value is -1.38. The second-order valence-corrected chi connectivity index (χ2v) is 6.21. The van der Waals surface area contributed by atoms with Gasteiger partial charge < -0.3 is 14.6 Å². The van der Waals surface area contributed by atoms with E-state index < -0.39 is 21.8 Å². The number of rotatable bonds is 8. The van der Waals surface area contributed by atoms with Crippen LogP contribution < -0.4 is 4.72 Å². The molecule has 1 unspecified atom stereocenters. The molecule has 1 rings (SSSR count). The Labute approximate surface area is 117 Å². The predicted molar refractivity (Wildman–Crippen MR) is 71.1 cm³/mol. The maximum Gasteiger partial charge on any atom is 0.371 e. The second kappa shape index (κ2) is 6.87. The largest absolute Gasteiger partial charge is 0.475 e. The summed E-state index contributed by atoms with van der Waals surface area (Å²) in [6.07, 6.45) is 1.23. The number of sulfonamides is 1. The van der Waals surface area contributed by atoms with Crippen molar-refractivity contribution in [3.05, 3.63) is 17.6 Å². The Bertz CT molecular complexity index is 563. The van der Waals surface area contributed by atoms with Gasteiger partial charge in [-0.05, 0) is 19.3 Å². The minimum atomic E-state index is -3.82. The molecule has 8 heteroatoms. The lowest BCUT2D eigenvalue weighted by atomic mass is 10.0. The fourth-order valence-corrected chi connectivity index (χ4v) is 3.07. The first-order valence-electron chi connectivity index (χ1n) is 6.26. The van der Waals surface area contributed by atoms with E-state index >= 15 is 0 Å². The summed E-state index contributed by atoms with van der Waals surface area (Å²) in [4.78, 5) is 10.6. The summed E-state index contributed by atoms with van der Waals surface area (Å²) in [5, 5.41) is 17.6. The number of aromatic carboxylic acids is 1. The highest BCUT2D eigenvalue weighted by atomic mass is 32.2. The van der Waals surface area contributed by atoms with Crippen LogP contribution in [0.3, 0.4) is 0 Å². The number of hydrogen-bond acceptors (Lipinski definition) is 5. The zero-order valence-corrected chi connectivity index (χ0v) is 12.2. The molecule has 0 saturated carbocycles. The van der Waals surface area contributed by atoms with E-state index in [1.807, 2.05) is 6.92 Å². The van der Waals surface area contributed by atoms with Gasteiger partial charge in [-0.2, -0.15) is 0 Å². The number of nitrogens with one attached hydrogen (secondary N) is 1.